The quantitative estimate of drug-likeness (QED) is 0.526. The summed E-state index contributed by atoms with van der Waals surface area (Å²) in [4.78, 5) is 11.9. The van der Waals surface area contributed by atoms with Crippen molar-refractivity contribution in [2.45, 2.75) is 49.3 Å². The number of carbonyl (C=O) groups excluding carboxylic acids is 1. The molecule has 1 spiro atoms. The molecule has 25 heavy (non-hydrogen) atoms. The number of ether oxygens (including phenoxy) is 1. The molecule has 0 aromatic heterocycles. The van der Waals surface area contributed by atoms with Gasteiger partial charge in [0.1, 0.15) is 11.9 Å². The Balaban J connectivity index is 0.00000157. The highest BCUT2D eigenvalue weighted by atomic mass is 79.9. The fourth-order valence-electron chi connectivity index (χ4n) is 6.30. The maximum absolute atomic E-state index is 11.9. The van der Waals surface area contributed by atoms with Crippen LogP contribution in [0.25, 0.3) is 0 Å². The van der Waals surface area contributed by atoms with E-state index in [-0.39, 0.29) is 28.5 Å². The Labute approximate surface area is 158 Å². The van der Waals surface area contributed by atoms with E-state index in [0.717, 1.165) is 36.7 Å². The Morgan fingerprint density at radius 2 is 2.12 bits per heavy atom. The summed E-state index contributed by atoms with van der Waals surface area (Å²) in [6, 6.07) is 4.43. The molecule has 2 aliphatic heterocycles. The van der Waals surface area contributed by atoms with Crippen molar-refractivity contribution in [3.05, 3.63) is 28.8 Å². The molecule has 2 heterocycles. The summed E-state index contributed by atoms with van der Waals surface area (Å²) in [6.45, 7) is 1.08. The number of rotatable bonds is 1. The summed E-state index contributed by atoms with van der Waals surface area (Å²) in [6.07, 6.45) is 3.15. The van der Waals surface area contributed by atoms with Crippen molar-refractivity contribution in [2.24, 2.45) is 11.7 Å². The van der Waals surface area contributed by atoms with Gasteiger partial charge in [0.2, 0.25) is 0 Å². The van der Waals surface area contributed by atoms with E-state index in [1.165, 1.54) is 11.1 Å². The van der Waals surface area contributed by atoms with Crippen LogP contribution in [0, 0.1) is 5.92 Å². The minimum atomic E-state index is -0.463. The maximum atomic E-state index is 11.9. The van der Waals surface area contributed by atoms with Crippen molar-refractivity contribution in [1.82, 2.24) is 0 Å². The van der Waals surface area contributed by atoms with Gasteiger partial charge in [-0.1, -0.05) is 6.07 Å². The second-order valence-electron chi connectivity index (χ2n) is 8.69. The first-order chi connectivity index (χ1) is 11.4. The lowest BCUT2D eigenvalue weighted by Gasteiger charge is -2.60. The second-order valence-corrected chi connectivity index (χ2v) is 8.69. The molecule has 2 fully saturated rings. The maximum Gasteiger partial charge on any atom is 0.252 e. The zero-order valence-electron chi connectivity index (χ0n) is 14.7. The van der Waals surface area contributed by atoms with Gasteiger partial charge < -0.3 is 37.0 Å². The summed E-state index contributed by atoms with van der Waals surface area (Å²) in [7, 11) is 4.66. The minimum Gasteiger partial charge on any atom is -1.00 e. The summed E-state index contributed by atoms with van der Waals surface area (Å²) in [5.74, 6) is 0.732. The van der Waals surface area contributed by atoms with E-state index in [1.54, 1.807) is 0 Å². The largest absolute Gasteiger partial charge is 1.00 e. The molecule has 2 unspecified atom stereocenters. The van der Waals surface area contributed by atoms with Crippen molar-refractivity contribution in [3.63, 3.8) is 0 Å². The number of aliphatic hydroxyl groups is 1. The summed E-state index contributed by atoms with van der Waals surface area (Å²) >= 11 is 0. The number of nitrogens with zero attached hydrogens (tertiary/aromatic N) is 1. The third kappa shape index (κ3) is 1.93. The van der Waals surface area contributed by atoms with Crippen molar-refractivity contribution >= 4 is 5.91 Å². The number of benzene rings is 1. The van der Waals surface area contributed by atoms with Gasteiger partial charge in [0.25, 0.3) is 5.91 Å². The number of quaternary nitrogens is 1. The molecule has 1 aromatic carbocycles. The van der Waals surface area contributed by atoms with E-state index < -0.39 is 12.0 Å². The van der Waals surface area contributed by atoms with Crippen LogP contribution in [-0.2, 0) is 11.8 Å². The third-order valence-electron chi connectivity index (χ3n) is 7.41. The van der Waals surface area contributed by atoms with E-state index in [1.807, 2.05) is 6.07 Å². The molecular formula is C19H25BrN2O3. The van der Waals surface area contributed by atoms with Gasteiger partial charge in [0.05, 0.1) is 43.8 Å². The SMILES string of the molecule is C[N+]1(C)CCC23c4c5ccc(C(N)=O)c4O[C@H]2[C@@H](O)CC[C@H]3C1C5.[Br-]. The molecule has 4 aliphatic rings. The van der Waals surface area contributed by atoms with Gasteiger partial charge >= 0.3 is 0 Å². The molecule has 6 heteroatoms. The lowest BCUT2D eigenvalue weighted by atomic mass is 9.51. The van der Waals surface area contributed by atoms with Gasteiger partial charge in [-0.15, -0.1) is 0 Å². The van der Waals surface area contributed by atoms with Crippen molar-refractivity contribution in [3.8, 4) is 5.75 Å². The lowest BCUT2D eigenvalue weighted by molar-refractivity contribution is -0.927. The number of primary amides is 1. The second kappa shape index (κ2) is 5.21. The Bertz CT molecular complexity index is 765. The van der Waals surface area contributed by atoms with Crippen molar-refractivity contribution in [2.75, 3.05) is 20.6 Å². The number of piperidine rings is 1. The van der Waals surface area contributed by atoms with Crippen LogP contribution in [0.3, 0.4) is 0 Å². The van der Waals surface area contributed by atoms with Crippen LogP contribution in [0.5, 0.6) is 5.75 Å². The smallest absolute Gasteiger partial charge is 0.252 e. The molecule has 1 saturated heterocycles. The first-order valence-electron chi connectivity index (χ1n) is 9.00. The number of halogens is 1. The van der Waals surface area contributed by atoms with E-state index >= 15 is 0 Å². The van der Waals surface area contributed by atoms with Crippen LogP contribution in [0.2, 0.25) is 0 Å². The Kier molecular flexibility index (Phi) is 3.61. The van der Waals surface area contributed by atoms with E-state index in [2.05, 4.69) is 20.2 Å². The van der Waals surface area contributed by atoms with Crippen LogP contribution in [0.1, 0.15) is 40.7 Å². The monoisotopic (exact) mass is 408 g/mol. The van der Waals surface area contributed by atoms with Crippen LogP contribution in [-0.4, -0.2) is 54.4 Å². The summed E-state index contributed by atoms with van der Waals surface area (Å²) in [5, 5.41) is 10.7. The number of carbonyl (C=O) groups is 1. The molecule has 1 aromatic rings. The van der Waals surface area contributed by atoms with Gasteiger partial charge in [-0.2, -0.15) is 0 Å². The summed E-state index contributed by atoms with van der Waals surface area (Å²) in [5.41, 5.74) is 8.43. The minimum absolute atomic E-state index is 0. The molecule has 1 saturated carbocycles. The Morgan fingerprint density at radius 3 is 2.84 bits per heavy atom. The van der Waals surface area contributed by atoms with Gasteiger partial charge in [-0.3, -0.25) is 4.79 Å². The number of amides is 1. The van der Waals surface area contributed by atoms with E-state index in [9.17, 15) is 9.90 Å². The first-order valence-corrected chi connectivity index (χ1v) is 9.00. The van der Waals surface area contributed by atoms with Crippen molar-refractivity contribution in [1.29, 1.82) is 0 Å². The number of likely N-dealkylation sites (tertiary alicyclic amines) is 1. The first kappa shape index (κ1) is 17.3. The molecule has 2 aliphatic carbocycles. The Morgan fingerprint density at radius 1 is 1.36 bits per heavy atom. The lowest BCUT2D eigenvalue weighted by Crippen LogP contribution is -3.00. The number of hydrogen-bond donors (Lipinski definition) is 2. The topological polar surface area (TPSA) is 72.6 Å². The van der Waals surface area contributed by atoms with Crippen LogP contribution in [0.15, 0.2) is 12.1 Å². The average molecular weight is 409 g/mol. The van der Waals surface area contributed by atoms with Gasteiger partial charge in [-0.05, 0) is 24.5 Å². The van der Waals surface area contributed by atoms with Crippen LogP contribution < -0.4 is 27.5 Å². The van der Waals surface area contributed by atoms with Crippen molar-refractivity contribution < 1.29 is 36.1 Å². The van der Waals surface area contributed by atoms with Crippen LogP contribution in [0.4, 0.5) is 0 Å². The number of hydrogen-bond acceptors (Lipinski definition) is 3. The fourth-order valence-corrected chi connectivity index (χ4v) is 6.30. The standard InChI is InChI=1S/C19H24N2O3.BrH/c1-21(2)8-7-19-12-5-6-14(22)17(19)24-16-11(18(20)23)4-3-10(15(16)19)9-13(12)21;/h3-4,12-14,17,22H,5-9H2,1-2H3,(H-,20,23);1H/t12-,13?,14-,17-,19?;/m0./s1. The highest BCUT2D eigenvalue weighted by Gasteiger charge is 2.68. The molecule has 3 N–H and O–H groups in total. The molecule has 5 rings (SSSR count). The van der Waals surface area contributed by atoms with Gasteiger partial charge in [0.15, 0.2) is 0 Å². The summed E-state index contributed by atoms with van der Waals surface area (Å²) < 4.78 is 7.32. The zero-order valence-corrected chi connectivity index (χ0v) is 16.3. The van der Waals surface area contributed by atoms with Gasteiger partial charge in [0, 0.05) is 24.3 Å². The number of aliphatic hydroxyl groups excluding tert-OH is 1. The zero-order chi connectivity index (χ0) is 16.9. The molecule has 2 bridgehead atoms. The molecule has 5 nitrogen and oxygen atoms in total. The molecule has 1 amide bonds. The van der Waals surface area contributed by atoms with Crippen LogP contribution >= 0.6 is 0 Å². The predicted molar refractivity (Wildman–Crippen MR) is 88.9 cm³/mol. The van der Waals surface area contributed by atoms with E-state index in [0.29, 0.717) is 23.3 Å². The molecule has 136 valence electrons. The Hall–Kier alpha value is -1.11. The fraction of sp³-hybridized carbons (Fsp3) is 0.632. The normalized spacial score (nSPS) is 39.0. The molecular weight excluding hydrogens is 384 g/mol. The average Bonchev–Trinajstić information content (AvgIpc) is 2.88. The predicted octanol–water partition coefficient (Wildman–Crippen LogP) is -2.04. The van der Waals surface area contributed by atoms with Gasteiger partial charge in [-0.25, -0.2) is 0 Å². The third-order valence-corrected chi connectivity index (χ3v) is 7.41. The highest BCUT2D eigenvalue weighted by molar-refractivity contribution is 5.97. The van der Waals surface area contributed by atoms with E-state index in [4.69, 9.17) is 10.5 Å². The number of nitrogens with two attached hydrogens (primary N) is 1. The highest BCUT2D eigenvalue weighted by Crippen LogP contribution is 2.63. The number of likely N-dealkylation sites (N-methyl/N-ethyl adjacent to an activating group) is 1. The molecule has 5 atom stereocenters. The molecule has 0 radical (unpaired) electrons.